The van der Waals surface area contributed by atoms with Gasteiger partial charge in [-0.15, -0.1) is 10.2 Å². The lowest BCUT2D eigenvalue weighted by molar-refractivity contribution is 0.0788. The van der Waals surface area contributed by atoms with E-state index in [1.807, 2.05) is 11.8 Å². The second-order valence-electron chi connectivity index (χ2n) is 7.89. The van der Waals surface area contributed by atoms with Gasteiger partial charge in [0.2, 0.25) is 0 Å². The number of likely N-dealkylation sites (tertiary alicyclic amines) is 1. The maximum absolute atomic E-state index is 13.1. The largest absolute Gasteiger partial charge is 0.491 e. The van der Waals surface area contributed by atoms with Crippen LogP contribution in [-0.2, 0) is 13.0 Å². The summed E-state index contributed by atoms with van der Waals surface area (Å²) in [5, 5.41) is 22.0. The smallest absolute Gasteiger partial charge is 0.253 e. The van der Waals surface area contributed by atoms with E-state index < -0.39 is 6.10 Å². The molecule has 1 saturated heterocycles. The van der Waals surface area contributed by atoms with Gasteiger partial charge in [-0.2, -0.15) is 4.80 Å². The Kier molecular flexibility index (Phi) is 6.75. The second kappa shape index (κ2) is 9.86. The number of carbonyl (C=O) groups is 1. The maximum atomic E-state index is 13.1. The van der Waals surface area contributed by atoms with E-state index in [9.17, 15) is 14.3 Å². The number of carbonyl (C=O) groups excluding carboxylic acids is 1. The Bertz CT molecular complexity index is 1040. The molecule has 0 spiro atoms. The fourth-order valence-corrected chi connectivity index (χ4v) is 3.76. The summed E-state index contributed by atoms with van der Waals surface area (Å²) in [4.78, 5) is 16.0. The summed E-state index contributed by atoms with van der Waals surface area (Å²) in [5.41, 5.74) is 1.63. The molecule has 168 valence electrons. The average molecular weight is 439 g/mol. The first-order valence-corrected chi connectivity index (χ1v) is 10.7. The Hall–Kier alpha value is -3.33. The third-order valence-electron chi connectivity index (χ3n) is 5.55. The van der Waals surface area contributed by atoms with Gasteiger partial charge in [0, 0.05) is 31.0 Å². The Balaban J connectivity index is 1.27. The summed E-state index contributed by atoms with van der Waals surface area (Å²) >= 11 is 0. The number of halogens is 1. The third kappa shape index (κ3) is 5.28. The third-order valence-corrected chi connectivity index (χ3v) is 5.55. The topological polar surface area (TPSA) is 93.4 Å². The molecule has 9 heteroatoms. The van der Waals surface area contributed by atoms with Crippen LogP contribution < -0.4 is 4.74 Å². The monoisotopic (exact) mass is 439 g/mol. The molecule has 1 aromatic heterocycles. The molecule has 8 nitrogen and oxygen atoms in total. The zero-order chi connectivity index (χ0) is 22.5. The van der Waals surface area contributed by atoms with Gasteiger partial charge in [-0.1, -0.05) is 19.1 Å². The lowest BCUT2D eigenvalue weighted by Gasteiger charge is -2.17. The van der Waals surface area contributed by atoms with E-state index in [0.717, 1.165) is 12.0 Å². The number of benzene rings is 2. The normalized spacial score (nSPS) is 16.8. The first-order chi connectivity index (χ1) is 15.5. The Morgan fingerprint density at radius 1 is 1.22 bits per heavy atom. The van der Waals surface area contributed by atoms with Crippen LogP contribution in [-0.4, -0.2) is 61.9 Å². The number of amides is 1. The van der Waals surface area contributed by atoms with Gasteiger partial charge in [-0.25, -0.2) is 4.39 Å². The van der Waals surface area contributed by atoms with Crippen molar-refractivity contribution in [3.05, 3.63) is 71.3 Å². The average Bonchev–Trinajstić information content (AvgIpc) is 3.48. The molecule has 2 heterocycles. The lowest BCUT2D eigenvalue weighted by Crippen LogP contribution is -2.28. The predicted octanol–water partition coefficient (Wildman–Crippen LogP) is 2.44. The summed E-state index contributed by atoms with van der Waals surface area (Å²) < 4.78 is 18.8. The van der Waals surface area contributed by atoms with Crippen LogP contribution in [0.4, 0.5) is 4.39 Å². The quantitative estimate of drug-likeness (QED) is 0.580. The van der Waals surface area contributed by atoms with Gasteiger partial charge in [0.25, 0.3) is 5.91 Å². The first-order valence-electron chi connectivity index (χ1n) is 10.7. The van der Waals surface area contributed by atoms with Gasteiger partial charge in [0.15, 0.2) is 5.82 Å². The number of hydrogen-bond acceptors (Lipinski definition) is 6. The zero-order valence-electron chi connectivity index (χ0n) is 17.9. The molecular weight excluding hydrogens is 413 g/mol. The van der Waals surface area contributed by atoms with Crippen molar-refractivity contribution in [1.29, 1.82) is 0 Å². The van der Waals surface area contributed by atoms with Crippen LogP contribution >= 0.6 is 0 Å². The highest BCUT2D eigenvalue weighted by atomic mass is 19.1. The number of aliphatic hydroxyl groups is 1. The van der Waals surface area contributed by atoms with Gasteiger partial charge in [-0.05, 0) is 53.6 Å². The van der Waals surface area contributed by atoms with Gasteiger partial charge in [0.1, 0.15) is 24.3 Å². The summed E-state index contributed by atoms with van der Waals surface area (Å²) in [6.07, 6.45) is 0.752. The van der Waals surface area contributed by atoms with Crippen molar-refractivity contribution >= 4 is 5.91 Å². The molecule has 4 rings (SSSR count). The van der Waals surface area contributed by atoms with Gasteiger partial charge >= 0.3 is 0 Å². The van der Waals surface area contributed by atoms with Crippen molar-refractivity contribution in [2.24, 2.45) is 0 Å². The minimum absolute atomic E-state index is 0.0369. The highest BCUT2D eigenvalue weighted by molar-refractivity contribution is 5.94. The SMILES string of the molecule is CCc1nnn(C[C@@H](O)COc2ccc(C(=O)N3CC[C@H](c4ccc(F)cc4)C3)cc2)n1. The molecule has 0 saturated carbocycles. The number of tetrazole rings is 1. The minimum Gasteiger partial charge on any atom is -0.491 e. The van der Waals surface area contributed by atoms with Crippen molar-refractivity contribution in [2.45, 2.75) is 38.3 Å². The van der Waals surface area contributed by atoms with Crippen LogP contribution in [0.1, 0.15) is 41.0 Å². The zero-order valence-corrected chi connectivity index (χ0v) is 17.9. The van der Waals surface area contributed by atoms with Crippen molar-refractivity contribution < 1.29 is 19.0 Å². The van der Waals surface area contributed by atoms with E-state index in [1.54, 1.807) is 36.4 Å². The number of ether oxygens (including phenoxy) is 1. The van der Waals surface area contributed by atoms with Crippen molar-refractivity contribution in [3.63, 3.8) is 0 Å². The first kappa shape index (κ1) is 21.9. The number of rotatable bonds is 8. The highest BCUT2D eigenvalue weighted by Crippen LogP contribution is 2.28. The molecule has 0 aliphatic carbocycles. The van der Waals surface area contributed by atoms with Gasteiger partial charge in [0.05, 0.1) is 6.54 Å². The number of aliphatic hydroxyl groups excluding tert-OH is 1. The van der Waals surface area contributed by atoms with Gasteiger partial charge in [-0.3, -0.25) is 4.79 Å². The molecule has 2 atom stereocenters. The van der Waals surface area contributed by atoms with Crippen LogP contribution in [0.15, 0.2) is 48.5 Å². The van der Waals surface area contributed by atoms with E-state index in [-0.39, 0.29) is 30.8 Å². The molecule has 0 radical (unpaired) electrons. The van der Waals surface area contributed by atoms with E-state index in [4.69, 9.17) is 4.74 Å². The molecule has 0 unspecified atom stereocenters. The molecule has 2 aromatic carbocycles. The van der Waals surface area contributed by atoms with Crippen molar-refractivity contribution in [1.82, 2.24) is 25.1 Å². The van der Waals surface area contributed by atoms with E-state index in [0.29, 0.717) is 36.6 Å². The molecular formula is C23H26FN5O3. The summed E-state index contributed by atoms with van der Waals surface area (Å²) in [6.45, 7) is 3.48. The molecule has 1 fully saturated rings. The Labute approximate surface area is 185 Å². The number of aryl methyl sites for hydroxylation is 1. The minimum atomic E-state index is -0.789. The fraction of sp³-hybridized carbons (Fsp3) is 0.391. The second-order valence-corrected chi connectivity index (χ2v) is 7.89. The van der Waals surface area contributed by atoms with Crippen molar-refractivity contribution in [3.8, 4) is 5.75 Å². The molecule has 1 aliphatic heterocycles. The Morgan fingerprint density at radius 2 is 1.97 bits per heavy atom. The van der Waals surface area contributed by atoms with Crippen LogP contribution in [0.5, 0.6) is 5.75 Å². The van der Waals surface area contributed by atoms with E-state index in [1.165, 1.54) is 16.9 Å². The molecule has 0 bridgehead atoms. The maximum Gasteiger partial charge on any atom is 0.253 e. The predicted molar refractivity (Wildman–Crippen MR) is 115 cm³/mol. The van der Waals surface area contributed by atoms with Gasteiger partial charge < -0.3 is 14.7 Å². The van der Waals surface area contributed by atoms with E-state index in [2.05, 4.69) is 15.4 Å². The number of hydrogen-bond donors (Lipinski definition) is 1. The lowest BCUT2D eigenvalue weighted by atomic mass is 9.99. The number of aromatic nitrogens is 4. The van der Waals surface area contributed by atoms with E-state index >= 15 is 0 Å². The molecule has 1 aliphatic rings. The molecule has 32 heavy (non-hydrogen) atoms. The summed E-state index contributed by atoms with van der Waals surface area (Å²) in [7, 11) is 0. The summed E-state index contributed by atoms with van der Waals surface area (Å²) in [5.74, 6) is 1.12. The highest BCUT2D eigenvalue weighted by Gasteiger charge is 2.28. The van der Waals surface area contributed by atoms with Crippen LogP contribution in [0.2, 0.25) is 0 Å². The fourth-order valence-electron chi connectivity index (χ4n) is 3.76. The van der Waals surface area contributed by atoms with Crippen LogP contribution in [0, 0.1) is 5.82 Å². The molecule has 3 aromatic rings. The summed E-state index contributed by atoms with van der Waals surface area (Å²) in [6, 6.07) is 13.4. The molecule has 1 N–H and O–H groups in total. The number of nitrogens with zero attached hydrogens (tertiary/aromatic N) is 5. The molecule has 1 amide bonds. The van der Waals surface area contributed by atoms with Crippen LogP contribution in [0.25, 0.3) is 0 Å². The van der Waals surface area contributed by atoms with Crippen molar-refractivity contribution in [2.75, 3.05) is 19.7 Å². The standard InChI is InChI=1S/C23H26FN5O3/c1-2-22-25-27-29(26-22)14-20(30)15-32-21-9-5-17(6-10-21)23(31)28-12-11-18(13-28)16-3-7-19(24)8-4-16/h3-10,18,20,30H,2,11-15H2,1H3/t18-,20+/m0/s1. The van der Waals surface area contributed by atoms with Crippen LogP contribution in [0.3, 0.4) is 0 Å². The Morgan fingerprint density at radius 3 is 2.66 bits per heavy atom.